The maximum atomic E-state index is 12.4. The molecule has 2 N–H and O–H groups in total. The fourth-order valence-electron chi connectivity index (χ4n) is 2.66. The van der Waals surface area contributed by atoms with E-state index in [2.05, 4.69) is 25.5 Å². The van der Waals surface area contributed by atoms with Crippen molar-refractivity contribution in [3.63, 3.8) is 0 Å². The van der Waals surface area contributed by atoms with Crippen molar-refractivity contribution in [3.8, 4) is 0 Å². The van der Waals surface area contributed by atoms with E-state index in [-0.39, 0.29) is 18.1 Å². The van der Waals surface area contributed by atoms with E-state index in [0.29, 0.717) is 17.9 Å². The van der Waals surface area contributed by atoms with Crippen LogP contribution in [0.25, 0.3) is 0 Å². The number of carbonyl (C=O) groups is 1. The van der Waals surface area contributed by atoms with Crippen molar-refractivity contribution in [3.05, 3.63) is 36.0 Å². The molecule has 0 aliphatic carbocycles. The molecule has 3 rings (SSSR count). The monoisotopic (exact) mass is 316 g/mol. The number of nitrogens with zero attached hydrogens (tertiary/aromatic N) is 4. The summed E-state index contributed by atoms with van der Waals surface area (Å²) in [5, 5.41) is 9.58. The second kappa shape index (κ2) is 6.74. The third-order valence-electron chi connectivity index (χ3n) is 3.79. The van der Waals surface area contributed by atoms with E-state index < -0.39 is 0 Å². The number of anilines is 1. The fraction of sp³-hybridized carbons (Fsp3) is 0.467. The van der Waals surface area contributed by atoms with E-state index in [1.54, 1.807) is 18.3 Å². The molecule has 1 amide bonds. The van der Waals surface area contributed by atoms with Gasteiger partial charge in [0, 0.05) is 26.8 Å². The van der Waals surface area contributed by atoms with Crippen molar-refractivity contribution >= 4 is 11.7 Å². The lowest BCUT2D eigenvalue weighted by molar-refractivity contribution is 0.0392. The summed E-state index contributed by atoms with van der Waals surface area (Å²) < 4.78 is 5.90. The third kappa shape index (κ3) is 3.48. The van der Waals surface area contributed by atoms with Crippen molar-refractivity contribution in [2.24, 2.45) is 0 Å². The second-order valence-corrected chi connectivity index (χ2v) is 5.67. The molecule has 3 heterocycles. The van der Waals surface area contributed by atoms with Gasteiger partial charge in [0.2, 0.25) is 0 Å². The van der Waals surface area contributed by atoms with Crippen molar-refractivity contribution in [1.29, 1.82) is 0 Å². The van der Waals surface area contributed by atoms with Crippen LogP contribution in [0.2, 0.25) is 0 Å². The number of aromatic nitrogens is 4. The first-order valence-corrected chi connectivity index (χ1v) is 7.56. The Kier molecular flexibility index (Phi) is 4.52. The minimum absolute atomic E-state index is 0.0199. The summed E-state index contributed by atoms with van der Waals surface area (Å²) in [4.78, 5) is 22.5. The number of nitrogens with one attached hydrogen (secondary N) is 2. The van der Waals surface area contributed by atoms with Crippen LogP contribution in [-0.4, -0.2) is 52.8 Å². The van der Waals surface area contributed by atoms with Crippen molar-refractivity contribution in [1.82, 2.24) is 25.5 Å². The van der Waals surface area contributed by atoms with Gasteiger partial charge in [-0.2, -0.15) is 5.10 Å². The number of hydrogen-bond acceptors (Lipinski definition) is 6. The topological polar surface area (TPSA) is 96.0 Å². The zero-order valence-corrected chi connectivity index (χ0v) is 13.2. The molecule has 1 saturated heterocycles. The first-order chi connectivity index (χ1) is 11.1. The summed E-state index contributed by atoms with van der Waals surface area (Å²) in [5.74, 6) is 1.24. The van der Waals surface area contributed by atoms with Crippen molar-refractivity contribution < 1.29 is 9.53 Å². The largest absolute Gasteiger partial charge is 0.365 e. The number of amides is 1. The maximum absolute atomic E-state index is 12.4. The van der Waals surface area contributed by atoms with Crippen molar-refractivity contribution in [2.75, 3.05) is 25.5 Å². The Bertz CT molecular complexity index is 658. The van der Waals surface area contributed by atoms with E-state index in [1.807, 2.05) is 19.0 Å². The van der Waals surface area contributed by atoms with Crippen LogP contribution in [-0.2, 0) is 4.74 Å². The van der Waals surface area contributed by atoms with Gasteiger partial charge in [0.05, 0.1) is 11.7 Å². The SMILES string of the molecule is CN(C)c1ncccc1C(=O)NC[C@H]1CC[C@@H](c2ncn[nH]2)O1. The van der Waals surface area contributed by atoms with Gasteiger partial charge in [0.15, 0.2) is 5.82 Å². The normalized spacial score (nSPS) is 20.4. The number of carbonyl (C=O) groups excluding carboxylic acids is 1. The lowest BCUT2D eigenvalue weighted by Crippen LogP contribution is -2.33. The summed E-state index contributed by atoms with van der Waals surface area (Å²) >= 11 is 0. The predicted octanol–water partition coefficient (Wildman–Crippen LogP) is 0.916. The summed E-state index contributed by atoms with van der Waals surface area (Å²) in [6.45, 7) is 0.464. The van der Waals surface area contributed by atoms with Crippen LogP contribution >= 0.6 is 0 Å². The molecule has 23 heavy (non-hydrogen) atoms. The minimum atomic E-state index is -0.145. The average molecular weight is 316 g/mol. The van der Waals surface area contributed by atoms with Gasteiger partial charge in [-0.25, -0.2) is 9.97 Å². The number of rotatable bonds is 5. The fourth-order valence-corrected chi connectivity index (χ4v) is 2.66. The molecular weight excluding hydrogens is 296 g/mol. The molecule has 0 radical (unpaired) electrons. The average Bonchev–Trinajstić information content (AvgIpc) is 3.23. The van der Waals surface area contributed by atoms with Gasteiger partial charge in [-0.15, -0.1) is 0 Å². The van der Waals surface area contributed by atoms with Crippen LogP contribution in [0.1, 0.15) is 35.1 Å². The summed E-state index contributed by atoms with van der Waals surface area (Å²) in [6, 6.07) is 3.53. The summed E-state index contributed by atoms with van der Waals surface area (Å²) in [6.07, 6.45) is 4.79. The van der Waals surface area contributed by atoms with Crippen molar-refractivity contribution in [2.45, 2.75) is 25.0 Å². The zero-order valence-electron chi connectivity index (χ0n) is 13.2. The van der Waals surface area contributed by atoms with E-state index >= 15 is 0 Å². The molecule has 8 nitrogen and oxygen atoms in total. The Morgan fingerprint density at radius 1 is 1.43 bits per heavy atom. The molecule has 8 heteroatoms. The van der Waals surface area contributed by atoms with E-state index in [4.69, 9.17) is 4.74 Å². The standard InChI is InChI=1S/C15H20N6O2/c1-21(2)14-11(4-3-7-16-14)15(22)17-8-10-5-6-12(23-10)13-18-9-19-20-13/h3-4,7,9-10,12H,5-6,8H2,1-2H3,(H,17,22)(H,18,19,20)/t10-,12+/m1/s1. The number of aromatic amines is 1. The molecule has 1 aliphatic heterocycles. The molecule has 122 valence electrons. The molecule has 2 atom stereocenters. The lowest BCUT2D eigenvalue weighted by atomic mass is 10.2. The Hall–Kier alpha value is -2.48. The van der Waals surface area contributed by atoms with Crippen LogP contribution in [0, 0.1) is 0 Å². The molecule has 0 unspecified atom stereocenters. The first-order valence-electron chi connectivity index (χ1n) is 7.56. The highest BCUT2D eigenvalue weighted by atomic mass is 16.5. The Balaban J connectivity index is 1.56. The Morgan fingerprint density at radius 3 is 3.04 bits per heavy atom. The van der Waals surface area contributed by atoms with Crippen LogP contribution in [0.3, 0.4) is 0 Å². The molecule has 2 aromatic rings. The number of pyridine rings is 1. The van der Waals surface area contributed by atoms with Crippen LogP contribution < -0.4 is 10.2 Å². The van der Waals surface area contributed by atoms with Gasteiger partial charge >= 0.3 is 0 Å². The van der Waals surface area contributed by atoms with Crippen LogP contribution in [0.15, 0.2) is 24.7 Å². The van der Waals surface area contributed by atoms with Gasteiger partial charge in [0.25, 0.3) is 5.91 Å². The third-order valence-corrected chi connectivity index (χ3v) is 3.79. The van der Waals surface area contributed by atoms with E-state index in [1.165, 1.54) is 6.33 Å². The lowest BCUT2D eigenvalue weighted by Gasteiger charge is -2.17. The molecule has 1 fully saturated rings. The van der Waals surface area contributed by atoms with Gasteiger partial charge in [0.1, 0.15) is 18.2 Å². The zero-order chi connectivity index (χ0) is 16.2. The van der Waals surface area contributed by atoms with Crippen LogP contribution in [0.4, 0.5) is 5.82 Å². The number of ether oxygens (including phenoxy) is 1. The van der Waals surface area contributed by atoms with E-state index in [0.717, 1.165) is 18.7 Å². The van der Waals surface area contributed by atoms with E-state index in [9.17, 15) is 4.79 Å². The molecule has 1 aliphatic rings. The molecule has 0 saturated carbocycles. The minimum Gasteiger partial charge on any atom is -0.365 e. The van der Waals surface area contributed by atoms with Gasteiger partial charge in [-0.3, -0.25) is 9.89 Å². The molecule has 0 spiro atoms. The smallest absolute Gasteiger partial charge is 0.255 e. The Morgan fingerprint density at radius 2 is 2.30 bits per heavy atom. The highest BCUT2D eigenvalue weighted by Gasteiger charge is 2.28. The maximum Gasteiger partial charge on any atom is 0.255 e. The van der Waals surface area contributed by atoms with Gasteiger partial charge < -0.3 is 15.0 Å². The van der Waals surface area contributed by atoms with Crippen LogP contribution in [0.5, 0.6) is 0 Å². The molecular formula is C15H20N6O2. The highest BCUT2D eigenvalue weighted by Crippen LogP contribution is 2.30. The predicted molar refractivity (Wildman–Crippen MR) is 84.1 cm³/mol. The van der Waals surface area contributed by atoms with Gasteiger partial charge in [-0.1, -0.05) is 0 Å². The van der Waals surface area contributed by atoms with Gasteiger partial charge in [-0.05, 0) is 25.0 Å². The Labute approximate surface area is 134 Å². The number of hydrogen-bond donors (Lipinski definition) is 2. The summed E-state index contributed by atoms with van der Waals surface area (Å²) in [7, 11) is 3.72. The first kappa shape index (κ1) is 15.4. The molecule has 2 aromatic heterocycles. The second-order valence-electron chi connectivity index (χ2n) is 5.67. The molecule has 0 aromatic carbocycles. The number of H-pyrrole nitrogens is 1. The highest BCUT2D eigenvalue weighted by molar-refractivity contribution is 5.98. The summed E-state index contributed by atoms with van der Waals surface area (Å²) in [5.41, 5.74) is 0.558. The quantitative estimate of drug-likeness (QED) is 0.851. The molecule has 0 bridgehead atoms.